The van der Waals surface area contributed by atoms with Crippen LogP contribution in [0.3, 0.4) is 0 Å². The van der Waals surface area contributed by atoms with Crippen molar-refractivity contribution in [2.75, 3.05) is 26.2 Å². The number of piperidine rings is 1. The third-order valence-electron chi connectivity index (χ3n) is 4.83. The Morgan fingerprint density at radius 1 is 0.923 bits per heavy atom. The van der Waals surface area contributed by atoms with Gasteiger partial charge in [0.05, 0.1) is 5.52 Å². The van der Waals surface area contributed by atoms with Gasteiger partial charge in [0.25, 0.3) is 0 Å². The molecule has 1 aliphatic rings. The fourth-order valence-electron chi connectivity index (χ4n) is 3.37. The second-order valence-electron chi connectivity index (χ2n) is 6.68. The van der Waals surface area contributed by atoms with E-state index in [1.807, 2.05) is 54.7 Å². The summed E-state index contributed by atoms with van der Waals surface area (Å²) in [6, 6.07) is 20.2. The summed E-state index contributed by atoms with van der Waals surface area (Å²) in [5.41, 5.74) is 0.987. The third kappa shape index (κ3) is 4.33. The van der Waals surface area contributed by atoms with E-state index < -0.39 is 0 Å². The number of nitrogens with zero attached hydrogens (tertiary/aromatic N) is 2. The predicted octanol–water partition coefficient (Wildman–Crippen LogP) is 4.16. The van der Waals surface area contributed by atoms with Crippen LogP contribution in [-0.4, -0.2) is 42.2 Å². The van der Waals surface area contributed by atoms with Crippen molar-refractivity contribution in [2.45, 2.75) is 18.9 Å². The lowest BCUT2D eigenvalue weighted by molar-refractivity contribution is 0.0916. The van der Waals surface area contributed by atoms with Crippen molar-refractivity contribution in [3.8, 4) is 11.5 Å². The summed E-state index contributed by atoms with van der Waals surface area (Å²) >= 11 is 0. The van der Waals surface area contributed by atoms with Crippen LogP contribution in [0.2, 0.25) is 0 Å². The lowest BCUT2D eigenvalue weighted by Gasteiger charge is -2.32. The van der Waals surface area contributed by atoms with Crippen LogP contribution >= 0.6 is 0 Å². The molecule has 0 radical (unpaired) electrons. The van der Waals surface area contributed by atoms with Crippen molar-refractivity contribution in [1.29, 1.82) is 0 Å². The zero-order valence-corrected chi connectivity index (χ0v) is 14.9. The maximum atomic E-state index is 6.19. The molecule has 0 unspecified atom stereocenters. The molecular formula is C22H24N2O2. The molecule has 2 heterocycles. The fourth-order valence-corrected chi connectivity index (χ4v) is 3.37. The number of fused-ring (bicyclic) bond motifs is 1. The lowest BCUT2D eigenvalue weighted by Crippen LogP contribution is -2.40. The van der Waals surface area contributed by atoms with E-state index in [9.17, 15) is 0 Å². The van der Waals surface area contributed by atoms with Gasteiger partial charge in [-0.1, -0.05) is 24.3 Å². The molecule has 0 bridgehead atoms. The molecule has 134 valence electrons. The predicted molar refractivity (Wildman–Crippen MR) is 104 cm³/mol. The number of rotatable bonds is 6. The molecule has 1 fully saturated rings. The van der Waals surface area contributed by atoms with Crippen LogP contribution in [0.1, 0.15) is 12.8 Å². The topological polar surface area (TPSA) is 34.6 Å². The molecular weight excluding hydrogens is 324 g/mol. The number of para-hydroxylation sites is 1. The number of benzene rings is 2. The van der Waals surface area contributed by atoms with E-state index in [4.69, 9.17) is 9.47 Å². The normalized spacial score (nSPS) is 15.8. The smallest absolute Gasteiger partial charge is 0.121 e. The Balaban J connectivity index is 1.23. The van der Waals surface area contributed by atoms with Gasteiger partial charge in [-0.15, -0.1) is 0 Å². The van der Waals surface area contributed by atoms with Crippen molar-refractivity contribution < 1.29 is 9.47 Å². The van der Waals surface area contributed by atoms with Gasteiger partial charge in [0, 0.05) is 37.3 Å². The number of ether oxygens (including phenoxy) is 2. The van der Waals surface area contributed by atoms with E-state index in [0.29, 0.717) is 0 Å². The minimum Gasteiger partial charge on any atom is -0.492 e. The first kappa shape index (κ1) is 16.9. The zero-order valence-electron chi connectivity index (χ0n) is 14.9. The highest BCUT2D eigenvalue weighted by Crippen LogP contribution is 2.23. The van der Waals surface area contributed by atoms with Gasteiger partial charge < -0.3 is 9.47 Å². The van der Waals surface area contributed by atoms with Crippen LogP contribution < -0.4 is 9.47 Å². The lowest BCUT2D eigenvalue weighted by atomic mass is 10.1. The molecule has 0 atom stereocenters. The van der Waals surface area contributed by atoms with Gasteiger partial charge in [0.15, 0.2) is 0 Å². The Hall–Kier alpha value is -2.59. The number of hydrogen-bond acceptors (Lipinski definition) is 4. The van der Waals surface area contributed by atoms with Gasteiger partial charge in [0.1, 0.15) is 24.2 Å². The standard InChI is InChI=1S/C22H24N2O2/c1-2-6-19(7-3-1)25-16-15-24-13-10-20(11-14-24)26-21-9-8-18-5-4-12-23-22(18)17-21/h1-9,12,17,20H,10-11,13-16H2. The van der Waals surface area contributed by atoms with Gasteiger partial charge in [-0.05, 0) is 43.2 Å². The molecule has 0 amide bonds. The molecule has 1 saturated heterocycles. The van der Waals surface area contributed by atoms with E-state index in [0.717, 1.165) is 61.5 Å². The molecule has 2 aromatic carbocycles. The van der Waals surface area contributed by atoms with Gasteiger partial charge >= 0.3 is 0 Å². The van der Waals surface area contributed by atoms with Gasteiger partial charge in [-0.2, -0.15) is 0 Å². The summed E-state index contributed by atoms with van der Waals surface area (Å²) in [7, 11) is 0. The minimum atomic E-state index is 0.280. The third-order valence-corrected chi connectivity index (χ3v) is 4.83. The molecule has 0 N–H and O–H groups in total. The Kier molecular flexibility index (Phi) is 5.31. The van der Waals surface area contributed by atoms with E-state index >= 15 is 0 Å². The molecule has 0 saturated carbocycles. The van der Waals surface area contributed by atoms with Crippen molar-refractivity contribution in [3.05, 3.63) is 66.9 Å². The second-order valence-corrected chi connectivity index (χ2v) is 6.68. The number of pyridine rings is 1. The molecule has 26 heavy (non-hydrogen) atoms. The highest BCUT2D eigenvalue weighted by Gasteiger charge is 2.20. The first-order valence-corrected chi connectivity index (χ1v) is 9.28. The van der Waals surface area contributed by atoms with Crippen LogP contribution in [0.5, 0.6) is 11.5 Å². The number of likely N-dealkylation sites (tertiary alicyclic amines) is 1. The first-order valence-electron chi connectivity index (χ1n) is 9.28. The highest BCUT2D eigenvalue weighted by atomic mass is 16.5. The average Bonchev–Trinajstić information content (AvgIpc) is 2.70. The molecule has 4 nitrogen and oxygen atoms in total. The molecule has 1 aromatic heterocycles. The van der Waals surface area contributed by atoms with Crippen LogP contribution in [0.25, 0.3) is 10.9 Å². The van der Waals surface area contributed by atoms with Crippen LogP contribution in [0, 0.1) is 0 Å². The van der Waals surface area contributed by atoms with Crippen molar-refractivity contribution >= 4 is 10.9 Å². The monoisotopic (exact) mass is 348 g/mol. The van der Waals surface area contributed by atoms with E-state index in [-0.39, 0.29) is 6.10 Å². The minimum absolute atomic E-state index is 0.280. The Morgan fingerprint density at radius 2 is 1.77 bits per heavy atom. The highest BCUT2D eigenvalue weighted by molar-refractivity contribution is 5.79. The quantitative estimate of drug-likeness (QED) is 0.670. The summed E-state index contributed by atoms with van der Waals surface area (Å²) in [4.78, 5) is 6.85. The van der Waals surface area contributed by atoms with Gasteiger partial charge in [-0.3, -0.25) is 9.88 Å². The van der Waals surface area contributed by atoms with Gasteiger partial charge in [0.2, 0.25) is 0 Å². The Labute approximate surface area is 154 Å². The van der Waals surface area contributed by atoms with E-state index in [1.165, 1.54) is 0 Å². The van der Waals surface area contributed by atoms with Crippen molar-refractivity contribution in [1.82, 2.24) is 9.88 Å². The number of aromatic nitrogens is 1. The van der Waals surface area contributed by atoms with Crippen LogP contribution in [0.4, 0.5) is 0 Å². The summed E-state index contributed by atoms with van der Waals surface area (Å²) in [5.74, 6) is 1.86. The Bertz CT molecular complexity index is 830. The van der Waals surface area contributed by atoms with Crippen molar-refractivity contribution in [2.24, 2.45) is 0 Å². The maximum absolute atomic E-state index is 6.19. The summed E-state index contributed by atoms with van der Waals surface area (Å²) in [6.07, 6.45) is 4.20. The molecule has 0 aliphatic carbocycles. The molecule has 3 aromatic rings. The fraction of sp³-hybridized carbons (Fsp3) is 0.318. The SMILES string of the molecule is c1ccc(OCCN2CCC(Oc3ccc4cccnc4c3)CC2)cc1. The molecule has 4 heteroatoms. The zero-order chi connectivity index (χ0) is 17.6. The summed E-state index contributed by atoms with van der Waals surface area (Å²) in [6.45, 7) is 3.79. The van der Waals surface area contributed by atoms with Crippen LogP contribution in [0.15, 0.2) is 66.9 Å². The second kappa shape index (κ2) is 8.19. The first-order chi connectivity index (χ1) is 12.9. The largest absolute Gasteiger partial charge is 0.492 e. The van der Waals surface area contributed by atoms with Gasteiger partial charge in [-0.25, -0.2) is 0 Å². The molecule has 0 spiro atoms. The Morgan fingerprint density at radius 3 is 2.62 bits per heavy atom. The molecule has 1 aliphatic heterocycles. The van der Waals surface area contributed by atoms with E-state index in [1.54, 1.807) is 0 Å². The average molecular weight is 348 g/mol. The van der Waals surface area contributed by atoms with Crippen molar-refractivity contribution in [3.63, 3.8) is 0 Å². The molecule has 4 rings (SSSR count). The number of hydrogen-bond donors (Lipinski definition) is 0. The summed E-state index contributed by atoms with van der Waals surface area (Å²) in [5, 5.41) is 1.15. The summed E-state index contributed by atoms with van der Waals surface area (Å²) < 4.78 is 12.0. The van der Waals surface area contributed by atoms with E-state index in [2.05, 4.69) is 22.0 Å². The maximum Gasteiger partial charge on any atom is 0.121 e. The van der Waals surface area contributed by atoms with Crippen LogP contribution in [-0.2, 0) is 0 Å².